The molecule has 26 heavy (non-hydrogen) atoms. The molecular weight excluding hydrogens is 350 g/mol. The number of rotatable bonds is 5. The van der Waals surface area contributed by atoms with E-state index in [1.807, 2.05) is 43.3 Å². The molecule has 1 amide bonds. The molecule has 0 unspecified atom stereocenters. The Morgan fingerprint density at radius 1 is 1.08 bits per heavy atom. The van der Waals surface area contributed by atoms with Crippen LogP contribution in [0.15, 0.2) is 60.8 Å². The third kappa shape index (κ3) is 4.32. The highest BCUT2D eigenvalue weighted by Crippen LogP contribution is 2.22. The number of carbonyl (C=O) groups excluding carboxylic acids is 1. The van der Waals surface area contributed by atoms with Crippen molar-refractivity contribution in [3.05, 3.63) is 76.9 Å². The number of anilines is 3. The van der Waals surface area contributed by atoms with Gasteiger partial charge in [-0.25, -0.2) is 4.98 Å². The number of aryl methyl sites for hydroxylation is 1. The highest BCUT2D eigenvalue weighted by molar-refractivity contribution is 6.31. The predicted octanol–water partition coefficient (Wildman–Crippen LogP) is 5.05. The number of hydrogen-bond donors (Lipinski definition) is 2. The summed E-state index contributed by atoms with van der Waals surface area (Å²) in [6.45, 7) is 1.91. The van der Waals surface area contributed by atoms with E-state index < -0.39 is 0 Å². The fourth-order valence-corrected chi connectivity index (χ4v) is 2.54. The Morgan fingerprint density at radius 2 is 1.92 bits per heavy atom. The first-order chi connectivity index (χ1) is 12.5. The lowest BCUT2D eigenvalue weighted by Gasteiger charge is -2.10. The van der Waals surface area contributed by atoms with Crippen LogP contribution in [0, 0.1) is 6.92 Å². The first kappa shape index (κ1) is 17.8. The third-order valence-corrected chi connectivity index (χ3v) is 4.20. The van der Waals surface area contributed by atoms with Crippen LogP contribution in [0.2, 0.25) is 5.02 Å². The SMILES string of the molecule is COc1cccc(Nc2cc(C(=O)Nc3ccc(C)c(Cl)c3)ccn2)c1. The largest absolute Gasteiger partial charge is 0.497 e. The van der Waals surface area contributed by atoms with Crippen molar-refractivity contribution >= 4 is 34.7 Å². The van der Waals surface area contributed by atoms with Crippen LogP contribution in [-0.4, -0.2) is 18.0 Å². The minimum atomic E-state index is -0.235. The van der Waals surface area contributed by atoms with Gasteiger partial charge < -0.3 is 15.4 Å². The first-order valence-corrected chi connectivity index (χ1v) is 8.37. The van der Waals surface area contributed by atoms with Crippen LogP contribution < -0.4 is 15.4 Å². The zero-order valence-corrected chi connectivity index (χ0v) is 15.2. The molecule has 0 saturated heterocycles. The number of methoxy groups -OCH3 is 1. The van der Waals surface area contributed by atoms with Gasteiger partial charge in [0.2, 0.25) is 0 Å². The lowest BCUT2D eigenvalue weighted by Crippen LogP contribution is -2.12. The summed E-state index contributed by atoms with van der Waals surface area (Å²) in [5, 5.41) is 6.61. The fourth-order valence-electron chi connectivity index (χ4n) is 2.36. The topological polar surface area (TPSA) is 63.2 Å². The normalized spacial score (nSPS) is 10.3. The van der Waals surface area contributed by atoms with Gasteiger partial charge in [-0.1, -0.05) is 23.7 Å². The van der Waals surface area contributed by atoms with Gasteiger partial charge in [0.1, 0.15) is 11.6 Å². The van der Waals surface area contributed by atoms with E-state index in [9.17, 15) is 4.79 Å². The summed E-state index contributed by atoms with van der Waals surface area (Å²) in [6, 6.07) is 16.2. The molecule has 0 radical (unpaired) electrons. The molecule has 2 aromatic carbocycles. The minimum Gasteiger partial charge on any atom is -0.497 e. The summed E-state index contributed by atoms with van der Waals surface area (Å²) >= 11 is 6.10. The van der Waals surface area contributed by atoms with E-state index in [0.29, 0.717) is 22.1 Å². The predicted molar refractivity (Wildman–Crippen MR) is 105 cm³/mol. The summed E-state index contributed by atoms with van der Waals surface area (Å²) in [5.74, 6) is 1.06. The standard InChI is InChI=1S/C20H18ClN3O2/c1-13-6-7-16(12-18(13)21)24-20(25)14-8-9-22-19(10-14)23-15-4-3-5-17(11-15)26-2/h3-12H,1-2H3,(H,22,23)(H,24,25). The molecule has 132 valence electrons. The van der Waals surface area contributed by atoms with Crippen molar-refractivity contribution < 1.29 is 9.53 Å². The van der Waals surface area contributed by atoms with Gasteiger partial charge in [-0.05, 0) is 48.9 Å². The second-order valence-electron chi connectivity index (χ2n) is 5.70. The number of nitrogens with one attached hydrogen (secondary N) is 2. The molecule has 0 atom stereocenters. The molecule has 3 rings (SSSR count). The molecule has 0 spiro atoms. The molecule has 1 aromatic heterocycles. The lowest BCUT2D eigenvalue weighted by atomic mass is 10.2. The van der Waals surface area contributed by atoms with Gasteiger partial charge in [0, 0.05) is 34.2 Å². The molecule has 1 heterocycles. The number of hydrogen-bond acceptors (Lipinski definition) is 4. The maximum Gasteiger partial charge on any atom is 0.255 e. The molecule has 0 saturated carbocycles. The number of pyridine rings is 1. The molecular formula is C20H18ClN3O2. The number of amides is 1. The molecule has 5 nitrogen and oxygen atoms in total. The second-order valence-corrected chi connectivity index (χ2v) is 6.11. The zero-order chi connectivity index (χ0) is 18.5. The van der Waals surface area contributed by atoms with Gasteiger partial charge in [-0.15, -0.1) is 0 Å². The molecule has 0 aliphatic rings. The highest BCUT2D eigenvalue weighted by atomic mass is 35.5. The number of benzene rings is 2. The van der Waals surface area contributed by atoms with Crippen molar-refractivity contribution in [1.82, 2.24) is 4.98 Å². The van der Waals surface area contributed by atoms with E-state index >= 15 is 0 Å². The summed E-state index contributed by atoms with van der Waals surface area (Å²) in [4.78, 5) is 16.7. The molecule has 0 aliphatic carbocycles. The maximum atomic E-state index is 12.5. The van der Waals surface area contributed by atoms with Gasteiger partial charge in [-0.2, -0.15) is 0 Å². The Bertz CT molecular complexity index is 944. The van der Waals surface area contributed by atoms with Crippen molar-refractivity contribution in [2.75, 3.05) is 17.7 Å². The van der Waals surface area contributed by atoms with E-state index in [0.717, 1.165) is 17.0 Å². The Morgan fingerprint density at radius 3 is 2.69 bits per heavy atom. The van der Waals surface area contributed by atoms with Crippen LogP contribution in [0.4, 0.5) is 17.2 Å². The Balaban J connectivity index is 1.75. The monoisotopic (exact) mass is 367 g/mol. The minimum absolute atomic E-state index is 0.235. The summed E-state index contributed by atoms with van der Waals surface area (Å²) in [6.07, 6.45) is 1.58. The average Bonchev–Trinajstić information content (AvgIpc) is 2.65. The Labute approximate surface area is 157 Å². The van der Waals surface area contributed by atoms with Crippen LogP contribution in [-0.2, 0) is 0 Å². The van der Waals surface area contributed by atoms with Crippen LogP contribution in [0.1, 0.15) is 15.9 Å². The molecule has 2 N–H and O–H groups in total. The van der Waals surface area contributed by atoms with E-state index in [1.54, 1.807) is 31.5 Å². The molecule has 3 aromatic rings. The van der Waals surface area contributed by atoms with Crippen molar-refractivity contribution in [3.63, 3.8) is 0 Å². The smallest absolute Gasteiger partial charge is 0.255 e. The summed E-state index contributed by atoms with van der Waals surface area (Å²) < 4.78 is 5.20. The van der Waals surface area contributed by atoms with Gasteiger partial charge in [0.15, 0.2) is 0 Å². The maximum absolute atomic E-state index is 12.5. The Hall–Kier alpha value is -3.05. The van der Waals surface area contributed by atoms with E-state index in [-0.39, 0.29) is 5.91 Å². The lowest BCUT2D eigenvalue weighted by molar-refractivity contribution is 0.102. The van der Waals surface area contributed by atoms with Gasteiger partial charge in [0.05, 0.1) is 7.11 Å². The number of ether oxygens (including phenoxy) is 1. The van der Waals surface area contributed by atoms with Crippen LogP contribution in [0.5, 0.6) is 5.75 Å². The van der Waals surface area contributed by atoms with Crippen molar-refractivity contribution in [2.24, 2.45) is 0 Å². The van der Waals surface area contributed by atoms with E-state index in [4.69, 9.17) is 16.3 Å². The van der Waals surface area contributed by atoms with Crippen LogP contribution in [0.3, 0.4) is 0 Å². The highest BCUT2D eigenvalue weighted by Gasteiger charge is 2.09. The van der Waals surface area contributed by atoms with E-state index in [1.165, 1.54) is 0 Å². The van der Waals surface area contributed by atoms with Gasteiger partial charge in [-0.3, -0.25) is 4.79 Å². The van der Waals surface area contributed by atoms with Gasteiger partial charge in [0.25, 0.3) is 5.91 Å². The first-order valence-electron chi connectivity index (χ1n) is 8.00. The molecule has 0 aliphatic heterocycles. The van der Waals surface area contributed by atoms with Gasteiger partial charge >= 0.3 is 0 Å². The van der Waals surface area contributed by atoms with Crippen LogP contribution >= 0.6 is 11.6 Å². The fraction of sp³-hybridized carbons (Fsp3) is 0.100. The van der Waals surface area contributed by atoms with Crippen LogP contribution in [0.25, 0.3) is 0 Å². The quantitative estimate of drug-likeness (QED) is 0.662. The molecule has 6 heteroatoms. The summed E-state index contributed by atoms with van der Waals surface area (Å²) in [7, 11) is 1.61. The van der Waals surface area contributed by atoms with E-state index in [2.05, 4.69) is 15.6 Å². The number of carbonyl (C=O) groups is 1. The van der Waals surface area contributed by atoms with Crippen molar-refractivity contribution in [1.29, 1.82) is 0 Å². The summed E-state index contributed by atoms with van der Waals surface area (Å²) in [5.41, 5.74) is 2.91. The average molecular weight is 368 g/mol. The Kier molecular flexibility index (Phi) is 5.39. The number of aromatic nitrogens is 1. The number of nitrogens with zero attached hydrogens (tertiary/aromatic N) is 1. The number of halogens is 1. The molecule has 0 fully saturated rings. The van der Waals surface area contributed by atoms with Crippen molar-refractivity contribution in [3.8, 4) is 5.75 Å². The van der Waals surface area contributed by atoms with Crippen molar-refractivity contribution in [2.45, 2.75) is 6.92 Å². The second kappa shape index (κ2) is 7.89. The molecule has 0 bridgehead atoms. The third-order valence-electron chi connectivity index (χ3n) is 3.79. The zero-order valence-electron chi connectivity index (χ0n) is 14.4.